The number of hydrogen-bond acceptors (Lipinski definition) is 3. The summed E-state index contributed by atoms with van der Waals surface area (Å²) in [6, 6.07) is 21.4. The van der Waals surface area contributed by atoms with Crippen LogP contribution in [0.1, 0.15) is 22.7 Å². The van der Waals surface area contributed by atoms with Crippen molar-refractivity contribution in [1.29, 1.82) is 0 Å². The van der Waals surface area contributed by atoms with Crippen molar-refractivity contribution < 1.29 is 18.7 Å². The number of carbonyl (C=O) groups is 1. The van der Waals surface area contributed by atoms with Gasteiger partial charge in [-0.3, -0.25) is 4.79 Å². The van der Waals surface area contributed by atoms with E-state index in [1.807, 2.05) is 54.6 Å². The predicted octanol–water partition coefficient (Wildman–Crippen LogP) is 4.76. The van der Waals surface area contributed by atoms with Crippen molar-refractivity contribution in [3.05, 3.63) is 101 Å². The topological polar surface area (TPSA) is 47.6 Å². The molecule has 0 aliphatic rings. The number of halogens is 1. The molecule has 0 heterocycles. The third-order valence-electron chi connectivity index (χ3n) is 4.47. The molecule has 0 spiro atoms. The van der Waals surface area contributed by atoms with Gasteiger partial charge in [-0.05, 0) is 47.0 Å². The van der Waals surface area contributed by atoms with Crippen molar-refractivity contribution >= 4 is 12.0 Å². The SMILES string of the molecule is COc1ccc(C(NC(=O)/C=C/c2ccc(OC)c(F)c2)c2ccccc2)cc1. The van der Waals surface area contributed by atoms with Crippen LogP contribution in [-0.4, -0.2) is 20.1 Å². The summed E-state index contributed by atoms with van der Waals surface area (Å²) in [5.74, 6) is 0.143. The van der Waals surface area contributed by atoms with Crippen LogP contribution in [0.15, 0.2) is 78.9 Å². The molecule has 29 heavy (non-hydrogen) atoms. The highest BCUT2D eigenvalue weighted by Gasteiger charge is 2.15. The Balaban J connectivity index is 1.79. The lowest BCUT2D eigenvalue weighted by Gasteiger charge is -2.19. The molecule has 0 bridgehead atoms. The van der Waals surface area contributed by atoms with Gasteiger partial charge in [0.2, 0.25) is 5.91 Å². The number of carbonyl (C=O) groups excluding carboxylic acids is 1. The van der Waals surface area contributed by atoms with Gasteiger partial charge in [0.25, 0.3) is 0 Å². The first-order valence-corrected chi connectivity index (χ1v) is 9.11. The smallest absolute Gasteiger partial charge is 0.244 e. The minimum Gasteiger partial charge on any atom is -0.497 e. The first-order valence-electron chi connectivity index (χ1n) is 9.11. The number of hydrogen-bond donors (Lipinski definition) is 1. The predicted molar refractivity (Wildman–Crippen MR) is 111 cm³/mol. The minimum atomic E-state index is -0.476. The highest BCUT2D eigenvalue weighted by molar-refractivity contribution is 5.92. The highest BCUT2D eigenvalue weighted by atomic mass is 19.1. The van der Waals surface area contributed by atoms with Crippen LogP contribution >= 0.6 is 0 Å². The molecule has 1 N–H and O–H groups in total. The molecule has 3 aromatic carbocycles. The number of amides is 1. The number of methoxy groups -OCH3 is 2. The van der Waals surface area contributed by atoms with Gasteiger partial charge in [0.05, 0.1) is 20.3 Å². The number of rotatable bonds is 7. The monoisotopic (exact) mass is 391 g/mol. The molecule has 0 saturated carbocycles. The molecule has 3 aromatic rings. The second kappa shape index (κ2) is 9.55. The zero-order valence-corrected chi connectivity index (χ0v) is 16.3. The summed E-state index contributed by atoms with van der Waals surface area (Å²) in [7, 11) is 3.02. The van der Waals surface area contributed by atoms with Crippen molar-refractivity contribution in [2.75, 3.05) is 14.2 Å². The molecule has 0 radical (unpaired) electrons. The molecule has 1 amide bonds. The first kappa shape index (κ1) is 20.1. The van der Waals surface area contributed by atoms with Crippen molar-refractivity contribution in [2.45, 2.75) is 6.04 Å². The highest BCUT2D eigenvalue weighted by Crippen LogP contribution is 2.24. The van der Waals surface area contributed by atoms with E-state index in [4.69, 9.17) is 9.47 Å². The largest absolute Gasteiger partial charge is 0.497 e. The van der Waals surface area contributed by atoms with E-state index in [-0.39, 0.29) is 17.7 Å². The second-order valence-corrected chi connectivity index (χ2v) is 6.35. The standard InChI is InChI=1S/C24H22FNO3/c1-28-20-12-10-19(11-13-20)24(18-6-4-3-5-7-18)26-23(27)15-9-17-8-14-22(29-2)21(25)16-17/h3-16,24H,1-2H3,(H,26,27)/b15-9+. The fourth-order valence-corrected chi connectivity index (χ4v) is 2.95. The van der Waals surface area contributed by atoms with E-state index in [9.17, 15) is 9.18 Å². The Labute approximate surface area is 169 Å². The maximum absolute atomic E-state index is 13.8. The first-order chi connectivity index (χ1) is 14.1. The van der Waals surface area contributed by atoms with Gasteiger partial charge in [0.1, 0.15) is 5.75 Å². The number of ether oxygens (including phenoxy) is 2. The van der Waals surface area contributed by atoms with Crippen LogP contribution in [0.3, 0.4) is 0 Å². The van der Waals surface area contributed by atoms with E-state index in [1.165, 1.54) is 25.3 Å². The van der Waals surface area contributed by atoms with Crippen molar-refractivity contribution in [3.8, 4) is 11.5 Å². The van der Waals surface area contributed by atoms with Gasteiger partial charge < -0.3 is 14.8 Å². The Hall–Kier alpha value is -3.60. The van der Waals surface area contributed by atoms with Gasteiger partial charge in [-0.15, -0.1) is 0 Å². The van der Waals surface area contributed by atoms with E-state index in [1.54, 1.807) is 19.3 Å². The Kier molecular flexibility index (Phi) is 6.63. The average molecular weight is 391 g/mol. The molecule has 1 atom stereocenters. The molecule has 0 aromatic heterocycles. The molecule has 1 unspecified atom stereocenters. The molecule has 3 rings (SSSR count). The van der Waals surface area contributed by atoms with Crippen molar-refractivity contribution in [3.63, 3.8) is 0 Å². The molecule has 0 aliphatic heterocycles. The second-order valence-electron chi connectivity index (χ2n) is 6.35. The molecular formula is C24H22FNO3. The lowest BCUT2D eigenvalue weighted by molar-refractivity contribution is -0.116. The number of benzene rings is 3. The lowest BCUT2D eigenvalue weighted by Crippen LogP contribution is -2.27. The number of nitrogens with one attached hydrogen (secondary N) is 1. The summed E-state index contributed by atoms with van der Waals surface area (Å²) >= 11 is 0. The lowest BCUT2D eigenvalue weighted by atomic mass is 9.98. The summed E-state index contributed by atoms with van der Waals surface area (Å²) in [4.78, 5) is 12.6. The summed E-state index contributed by atoms with van der Waals surface area (Å²) in [5.41, 5.74) is 2.45. The summed E-state index contributed by atoms with van der Waals surface area (Å²) in [6.45, 7) is 0. The van der Waals surface area contributed by atoms with E-state index in [0.717, 1.165) is 16.9 Å². The van der Waals surface area contributed by atoms with Gasteiger partial charge in [-0.2, -0.15) is 0 Å². The molecule has 0 fully saturated rings. The van der Waals surface area contributed by atoms with Gasteiger partial charge in [-0.1, -0.05) is 48.5 Å². The van der Waals surface area contributed by atoms with E-state index in [2.05, 4.69) is 5.32 Å². The Morgan fingerprint density at radius 2 is 1.62 bits per heavy atom. The minimum absolute atomic E-state index is 0.162. The average Bonchev–Trinajstić information content (AvgIpc) is 2.77. The van der Waals surface area contributed by atoms with Crippen LogP contribution in [0.25, 0.3) is 6.08 Å². The van der Waals surface area contributed by atoms with Crippen LogP contribution in [0.4, 0.5) is 4.39 Å². The van der Waals surface area contributed by atoms with Crippen LogP contribution in [-0.2, 0) is 4.79 Å². The third kappa shape index (κ3) is 5.23. The van der Waals surface area contributed by atoms with Gasteiger partial charge in [0, 0.05) is 6.08 Å². The van der Waals surface area contributed by atoms with Gasteiger partial charge in [-0.25, -0.2) is 4.39 Å². The van der Waals surface area contributed by atoms with Crippen LogP contribution in [0, 0.1) is 5.82 Å². The Morgan fingerprint density at radius 3 is 2.24 bits per heavy atom. The Bertz CT molecular complexity index is 985. The van der Waals surface area contributed by atoms with E-state index >= 15 is 0 Å². The normalized spacial score (nSPS) is 11.8. The molecule has 5 heteroatoms. The maximum atomic E-state index is 13.8. The van der Waals surface area contributed by atoms with Gasteiger partial charge in [0.15, 0.2) is 11.6 Å². The summed E-state index contributed by atoms with van der Waals surface area (Å²) in [6.07, 6.45) is 2.95. The van der Waals surface area contributed by atoms with Crippen LogP contribution < -0.4 is 14.8 Å². The van der Waals surface area contributed by atoms with E-state index < -0.39 is 5.82 Å². The quantitative estimate of drug-likeness (QED) is 0.591. The molecular weight excluding hydrogens is 369 g/mol. The molecule has 4 nitrogen and oxygen atoms in total. The fourth-order valence-electron chi connectivity index (χ4n) is 2.95. The Morgan fingerprint density at radius 1 is 0.931 bits per heavy atom. The van der Waals surface area contributed by atoms with Crippen LogP contribution in [0.2, 0.25) is 0 Å². The summed E-state index contributed by atoms with van der Waals surface area (Å²) < 4.78 is 23.9. The summed E-state index contributed by atoms with van der Waals surface area (Å²) in [5, 5.41) is 3.01. The zero-order chi connectivity index (χ0) is 20.6. The maximum Gasteiger partial charge on any atom is 0.244 e. The zero-order valence-electron chi connectivity index (χ0n) is 16.3. The molecule has 148 valence electrons. The van der Waals surface area contributed by atoms with Gasteiger partial charge >= 0.3 is 0 Å². The third-order valence-corrected chi connectivity index (χ3v) is 4.47. The van der Waals surface area contributed by atoms with Crippen molar-refractivity contribution in [1.82, 2.24) is 5.32 Å². The molecule has 0 saturated heterocycles. The van der Waals surface area contributed by atoms with Crippen LogP contribution in [0.5, 0.6) is 11.5 Å². The molecule has 0 aliphatic carbocycles. The fraction of sp³-hybridized carbons (Fsp3) is 0.125. The van der Waals surface area contributed by atoms with E-state index in [0.29, 0.717) is 5.56 Å². The van der Waals surface area contributed by atoms with Crippen molar-refractivity contribution in [2.24, 2.45) is 0 Å².